The van der Waals surface area contributed by atoms with Gasteiger partial charge in [-0.3, -0.25) is 19.8 Å². The van der Waals surface area contributed by atoms with Crippen molar-refractivity contribution in [3.05, 3.63) is 65.7 Å². The Labute approximate surface area is 187 Å². The Bertz CT molecular complexity index is 1040. The molecule has 2 aliphatic rings. The number of ketones is 1. The lowest BCUT2D eigenvalue weighted by molar-refractivity contribution is -0.137. The minimum Gasteiger partial charge on any atom is -0.376 e. The second-order valence-corrected chi connectivity index (χ2v) is 8.44. The first-order chi connectivity index (χ1) is 15.5. The Morgan fingerprint density at radius 2 is 1.78 bits per heavy atom. The monoisotopic (exact) mass is 432 g/mol. The van der Waals surface area contributed by atoms with Crippen molar-refractivity contribution in [3.63, 3.8) is 0 Å². The van der Waals surface area contributed by atoms with Crippen molar-refractivity contribution in [1.82, 2.24) is 10.2 Å². The number of anilines is 1. The Hall–Kier alpha value is -3.48. The molecule has 32 heavy (non-hydrogen) atoms. The van der Waals surface area contributed by atoms with Gasteiger partial charge in [0, 0.05) is 36.7 Å². The molecule has 1 aliphatic heterocycles. The van der Waals surface area contributed by atoms with E-state index < -0.39 is 6.04 Å². The highest BCUT2D eigenvalue weighted by molar-refractivity contribution is 6.45. The predicted molar refractivity (Wildman–Crippen MR) is 123 cm³/mol. The summed E-state index contributed by atoms with van der Waals surface area (Å²) in [5, 5.41) is 14.1. The number of benzene rings is 2. The summed E-state index contributed by atoms with van der Waals surface area (Å²) in [6, 6.07) is 16.8. The molecule has 3 N–H and O–H groups in total. The summed E-state index contributed by atoms with van der Waals surface area (Å²) in [5.41, 5.74) is 2.15. The minimum atomic E-state index is -0.452. The van der Waals surface area contributed by atoms with Crippen molar-refractivity contribution in [2.45, 2.75) is 44.2 Å². The van der Waals surface area contributed by atoms with E-state index in [0.29, 0.717) is 30.1 Å². The number of Topliss-reactive ketones (excluding diaryl/α,β-unsaturated/α-hetero) is 1. The fraction of sp³-hybridized carbons (Fsp3) is 0.360. The maximum Gasteiger partial charge on any atom is 0.243 e. The van der Waals surface area contributed by atoms with Crippen LogP contribution in [0.3, 0.4) is 0 Å². The number of nitrogens with one attached hydrogen (secondary N) is 3. The average molecular weight is 433 g/mol. The van der Waals surface area contributed by atoms with Crippen molar-refractivity contribution in [2.24, 2.45) is 0 Å². The maximum absolute atomic E-state index is 12.9. The van der Waals surface area contributed by atoms with Gasteiger partial charge in [0.05, 0.1) is 6.54 Å². The summed E-state index contributed by atoms with van der Waals surface area (Å²) in [6.07, 6.45) is 2.38. The van der Waals surface area contributed by atoms with Crippen LogP contribution in [0.4, 0.5) is 5.69 Å². The molecule has 0 radical (unpaired) electrons. The molecule has 0 spiro atoms. The van der Waals surface area contributed by atoms with Gasteiger partial charge >= 0.3 is 0 Å². The van der Waals surface area contributed by atoms with Crippen LogP contribution in [0, 0.1) is 5.41 Å². The first kappa shape index (κ1) is 21.7. The molecule has 1 heterocycles. The molecule has 0 aromatic heterocycles. The summed E-state index contributed by atoms with van der Waals surface area (Å²) in [7, 11) is 0. The quantitative estimate of drug-likeness (QED) is 0.558. The molecular formula is C25H28N4O3. The number of rotatable bonds is 8. The highest BCUT2D eigenvalue weighted by atomic mass is 16.2. The van der Waals surface area contributed by atoms with Gasteiger partial charge in [-0.25, -0.2) is 0 Å². The van der Waals surface area contributed by atoms with Gasteiger partial charge in [0.15, 0.2) is 5.78 Å². The maximum atomic E-state index is 12.9. The largest absolute Gasteiger partial charge is 0.376 e. The molecule has 2 aromatic carbocycles. The van der Waals surface area contributed by atoms with E-state index in [9.17, 15) is 14.4 Å². The molecule has 2 amide bonds. The second kappa shape index (κ2) is 9.34. The van der Waals surface area contributed by atoms with Crippen LogP contribution in [0.2, 0.25) is 0 Å². The van der Waals surface area contributed by atoms with Gasteiger partial charge in [0.25, 0.3) is 0 Å². The zero-order valence-corrected chi connectivity index (χ0v) is 18.1. The van der Waals surface area contributed by atoms with Crippen LogP contribution >= 0.6 is 0 Å². The number of carbonyl (C=O) groups is 3. The third kappa shape index (κ3) is 4.72. The van der Waals surface area contributed by atoms with Gasteiger partial charge in [-0.05, 0) is 30.9 Å². The summed E-state index contributed by atoms with van der Waals surface area (Å²) in [4.78, 5) is 39.0. The number of carbonyl (C=O) groups excluding carboxylic acids is 3. The molecule has 1 aliphatic carbocycles. The summed E-state index contributed by atoms with van der Waals surface area (Å²) >= 11 is 0. The number of amides is 2. The SMILES string of the molecule is CC(=O)C(=N)c1ccccc1NCC(=O)N1CCC[C@H]1C(=O)NC1C[C@H]1c1ccccc1. The van der Waals surface area contributed by atoms with Crippen molar-refractivity contribution in [1.29, 1.82) is 5.41 Å². The lowest BCUT2D eigenvalue weighted by Gasteiger charge is -2.24. The first-order valence-electron chi connectivity index (χ1n) is 11.0. The standard InChI is InChI=1S/C25H28N4O3/c1-16(30)24(26)18-10-5-6-11-20(18)27-15-23(31)29-13-7-12-22(29)25(32)28-21-14-19(21)17-8-3-2-4-9-17/h2-6,8-11,19,21-22,26-27H,7,12-15H2,1H3,(H,28,32)/t19-,21?,22-/m0/s1. The molecule has 7 heteroatoms. The van der Waals surface area contributed by atoms with E-state index in [-0.39, 0.29) is 35.9 Å². The second-order valence-electron chi connectivity index (χ2n) is 8.44. The average Bonchev–Trinajstić information content (AvgIpc) is 3.39. The smallest absolute Gasteiger partial charge is 0.243 e. The van der Waals surface area contributed by atoms with Gasteiger partial charge in [-0.15, -0.1) is 0 Å². The molecule has 1 saturated carbocycles. The molecule has 0 bridgehead atoms. The minimum absolute atomic E-state index is 0.00203. The number of hydrogen-bond donors (Lipinski definition) is 3. The lowest BCUT2D eigenvalue weighted by Crippen LogP contribution is -2.48. The number of hydrogen-bond acceptors (Lipinski definition) is 5. The summed E-state index contributed by atoms with van der Waals surface area (Å²) in [5.74, 6) is -0.239. The van der Waals surface area contributed by atoms with Crippen LogP contribution in [0.1, 0.15) is 43.2 Å². The molecule has 1 saturated heterocycles. The van der Waals surface area contributed by atoms with Crippen LogP contribution in [0.15, 0.2) is 54.6 Å². The molecule has 166 valence electrons. The highest BCUT2D eigenvalue weighted by Gasteiger charge is 2.42. The summed E-state index contributed by atoms with van der Waals surface area (Å²) in [6.45, 7) is 1.90. The van der Waals surface area contributed by atoms with Gasteiger partial charge < -0.3 is 15.5 Å². The zero-order chi connectivity index (χ0) is 22.7. The van der Waals surface area contributed by atoms with E-state index in [1.165, 1.54) is 12.5 Å². The third-order valence-corrected chi connectivity index (χ3v) is 6.20. The van der Waals surface area contributed by atoms with Crippen molar-refractivity contribution in [3.8, 4) is 0 Å². The van der Waals surface area contributed by atoms with Crippen molar-refractivity contribution in [2.75, 3.05) is 18.4 Å². The Balaban J connectivity index is 1.34. The fourth-order valence-corrected chi connectivity index (χ4v) is 4.36. The predicted octanol–water partition coefficient (Wildman–Crippen LogP) is 2.72. The van der Waals surface area contributed by atoms with Crippen LogP contribution in [0.5, 0.6) is 0 Å². The van der Waals surface area contributed by atoms with E-state index in [1.54, 1.807) is 29.2 Å². The molecule has 2 aromatic rings. The van der Waals surface area contributed by atoms with Crippen LogP contribution in [-0.2, 0) is 14.4 Å². The number of likely N-dealkylation sites (tertiary alicyclic amines) is 1. The van der Waals surface area contributed by atoms with Crippen molar-refractivity contribution >= 4 is 29.0 Å². The van der Waals surface area contributed by atoms with E-state index in [1.807, 2.05) is 18.2 Å². The van der Waals surface area contributed by atoms with E-state index >= 15 is 0 Å². The Kier molecular flexibility index (Phi) is 6.35. The van der Waals surface area contributed by atoms with E-state index in [2.05, 4.69) is 22.8 Å². The third-order valence-electron chi connectivity index (χ3n) is 6.20. The lowest BCUT2D eigenvalue weighted by atomic mass is 10.1. The van der Waals surface area contributed by atoms with Crippen LogP contribution < -0.4 is 10.6 Å². The summed E-state index contributed by atoms with van der Waals surface area (Å²) < 4.78 is 0. The molecule has 3 atom stereocenters. The molecule has 1 unspecified atom stereocenters. The molecule has 7 nitrogen and oxygen atoms in total. The highest BCUT2D eigenvalue weighted by Crippen LogP contribution is 2.40. The topological polar surface area (TPSA) is 102 Å². The van der Waals surface area contributed by atoms with E-state index in [4.69, 9.17) is 5.41 Å². The molecule has 4 rings (SSSR count). The first-order valence-corrected chi connectivity index (χ1v) is 11.0. The molecule has 2 fully saturated rings. The Morgan fingerprint density at radius 1 is 1.06 bits per heavy atom. The van der Waals surface area contributed by atoms with Gasteiger partial charge in [-0.2, -0.15) is 0 Å². The fourth-order valence-electron chi connectivity index (χ4n) is 4.36. The number of nitrogens with zero attached hydrogens (tertiary/aromatic N) is 1. The van der Waals surface area contributed by atoms with E-state index in [0.717, 1.165) is 12.8 Å². The zero-order valence-electron chi connectivity index (χ0n) is 18.1. The van der Waals surface area contributed by atoms with Crippen molar-refractivity contribution < 1.29 is 14.4 Å². The van der Waals surface area contributed by atoms with Gasteiger partial charge in [0.2, 0.25) is 11.8 Å². The Morgan fingerprint density at radius 3 is 2.53 bits per heavy atom. The van der Waals surface area contributed by atoms with Gasteiger partial charge in [0.1, 0.15) is 11.8 Å². The normalized spacial score (nSPS) is 21.7. The van der Waals surface area contributed by atoms with Gasteiger partial charge in [-0.1, -0.05) is 48.5 Å². The van der Waals surface area contributed by atoms with Crippen LogP contribution in [-0.4, -0.2) is 53.4 Å². The number of para-hydroxylation sites is 1. The van der Waals surface area contributed by atoms with Crippen LogP contribution in [0.25, 0.3) is 0 Å². The molecular weight excluding hydrogens is 404 g/mol.